The average molecular weight is 297 g/mol. The Hall–Kier alpha value is -1.14. The number of nitrogens with two attached hydrogens (primary N) is 1. The van der Waals surface area contributed by atoms with Gasteiger partial charge in [0.1, 0.15) is 5.75 Å². The third-order valence-electron chi connectivity index (χ3n) is 3.06. The highest BCUT2D eigenvalue weighted by atomic mass is 16.5. The Kier molecular flexibility index (Phi) is 9.01. The first-order chi connectivity index (χ1) is 10.2. The standard InChI is InChI=1S/C16H27NO4/c1-13(17)16(14-6-4-7-15(12-14)19-3)21-9-5-8-20-11-10-18-2/h4,6-7,12-13,16H,5,8-11,17H2,1-3H3. The summed E-state index contributed by atoms with van der Waals surface area (Å²) in [6, 6.07) is 7.73. The number of hydrogen-bond donors (Lipinski definition) is 1. The van der Waals surface area contributed by atoms with Crippen LogP contribution in [0.4, 0.5) is 0 Å². The van der Waals surface area contributed by atoms with Gasteiger partial charge in [0.2, 0.25) is 0 Å². The molecule has 0 aliphatic heterocycles. The molecule has 2 N–H and O–H groups in total. The van der Waals surface area contributed by atoms with Crippen LogP contribution >= 0.6 is 0 Å². The maximum Gasteiger partial charge on any atom is 0.119 e. The number of rotatable bonds is 11. The first-order valence-electron chi connectivity index (χ1n) is 7.27. The van der Waals surface area contributed by atoms with Crippen LogP contribution in [0.3, 0.4) is 0 Å². The molecule has 120 valence electrons. The summed E-state index contributed by atoms with van der Waals surface area (Å²) in [6.45, 7) is 4.44. The van der Waals surface area contributed by atoms with Crippen LogP contribution in [0.1, 0.15) is 25.0 Å². The van der Waals surface area contributed by atoms with Crippen LogP contribution in [0.2, 0.25) is 0 Å². The number of ether oxygens (including phenoxy) is 4. The van der Waals surface area contributed by atoms with Crippen molar-refractivity contribution in [3.63, 3.8) is 0 Å². The molecule has 2 atom stereocenters. The highest BCUT2D eigenvalue weighted by Crippen LogP contribution is 2.24. The van der Waals surface area contributed by atoms with Gasteiger partial charge in [-0.1, -0.05) is 12.1 Å². The molecular weight excluding hydrogens is 270 g/mol. The molecule has 0 bridgehead atoms. The van der Waals surface area contributed by atoms with Crippen molar-refractivity contribution in [1.82, 2.24) is 0 Å². The molecule has 0 radical (unpaired) electrons. The van der Waals surface area contributed by atoms with E-state index in [9.17, 15) is 0 Å². The molecule has 1 aromatic rings. The van der Waals surface area contributed by atoms with E-state index < -0.39 is 0 Å². The number of methoxy groups -OCH3 is 2. The highest BCUT2D eigenvalue weighted by molar-refractivity contribution is 5.30. The molecule has 0 aliphatic rings. The van der Waals surface area contributed by atoms with E-state index in [0.717, 1.165) is 17.7 Å². The van der Waals surface area contributed by atoms with Crippen molar-refractivity contribution in [2.75, 3.05) is 40.6 Å². The van der Waals surface area contributed by atoms with Gasteiger partial charge in [-0.25, -0.2) is 0 Å². The summed E-state index contributed by atoms with van der Waals surface area (Å²) in [5.41, 5.74) is 7.06. The predicted molar refractivity (Wildman–Crippen MR) is 82.6 cm³/mol. The maximum absolute atomic E-state index is 6.03. The van der Waals surface area contributed by atoms with Crippen molar-refractivity contribution in [3.05, 3.63) is 29.8 Å². The van der Waals surface area contributed by atoms with Crippen molar-refractivity contribution in [2.24, 2.45) is 5.73 Å². The van der Waals surface area contributed by atoms with Crippen molar-refractivity contribution in [3.8, 4) is 5.75 Å². The van der Waals surface area contributed by atoms with Gasteiger partial charge < -0.3 is 24.7 Å². The van der Waals surface area contributed by atoms with Gasteiger partial charge in [0, 0.05) is 26.4 Å². The Morgan fingerprint density at radius 3 is 2.57 bits per heavy atom. The summed E-state index contributed by atoms with van der Waals surface area (Å²) >= 11 is 0. The maximum atomic E-state index is 6.03. The summed E-state index contributed by atoms with van der Waals surface area (Å²) in [6.07, 6.45) is 0.691. The zero-order valence-corrected chi connectivity index (χ0v) is 13.2. The minimum atomic E-state index is -0.140. The quantitative estimate of drug-likeness (QED) is 0.634. The summed E-state index contributed by atoms with van der Waals surface area (Å²) in [5.74, 6) is 0.810. The zero-order valence-electron chi connectivity index (χ0n) is 13.2. The average Bonchev–Trinajstić information content (AvgIpc) is 2.49. The third kappa shape index (κ3) is 6.91. The second-order valence-corrected chi connectivity index (χ2v) is 4.89. The predicted octanol–water partition coefficient (Wildman–Crippen LogP) is 2.15. The summed E-state index contributed by atoms with van der Waals surface area (Å²) in [4.78, 5) is 0. The van der Waals surface area contributed by atoms with E-state index in [-0.39, 0.29) is 12.1 Å². The van der Waals surface area contributed by atoms with Crippen molar-refractivity contribution < 1.29 is 18.9 Å². The smallest absolute Gasteiger partial charge is 0.119 e. The zero-order chi connectivity index (χ0) is 15.5. The largest absolute Gasteiger partial charge is 0.497 e. The van der Waals surface area contributed by atoms with E-state index in [4.69, 9.17) is 24.7 Å². The molecule has 0 amide bonds. The third-order valence-corrected chi connectivity index (χ3v) is 3.06. The molecule has 0 saturated heterocycles. The second kappa shape index (κ2) is 10.6. The fourth-order valence-corrected chi connectivity index (χ4v) is 1.99. The Labute approximate surface area is 127 Å². The lowest BCUT2D eigenvalue weighted by Gasteiger charge is -2.22. The molecular formula is C16H27NO4. The van der Waals surface area contributed by atoms with Crippen molar-refractivity contribution in [2.45, 2.75) is 25.5 Å². The Morgan fingerprint density at radius 1 is 1.10 bits per heavy atom. The Balaban J connectivity index is 2.39. The monoisotopic (exact) mass is 297 g/mol. The fraction of sp³-hybridized carbons (Fsp3) is 0.625. The van der Waals surface area contributed by atoms with Gasteiger partial charge in [0.25, 0.3) is 0 Å². The molecule has 1 aromatic carbocycles. The van der Waals surface area contributed by atoms with Crippen molar-refractivity contribution in [1.29, 1.82) is 0 Å². The number of benzene rings is 1. The first kappa shape index (κ1) is 17.9. The van der Waals surface area contributed by atoms with Gasteiger partial charge in [-0.2, -0.15) is 0 Å². The minimum Gasteiger partial charge on any atom is -0.497 e. The topological polar surface area (TPSA) is 62.9 Å². The lowest BCUT2D eigenvalue weighted by molar-refractivity contribution is 0.0143. The van der Waals surface area contributed by atoms with Gasteiger partial charge in [-0.3, -0.25) is 0 Å². The molecule has 2 unspecified atom stereocenters. The van der Waals surface area contributed by atoms with Gasteiger partial charge in [0.05, 0.1) is 26.4 Å². The van der Waals surface area contributed by atoms with Crippen LogP contribution in [0.15, 0.2) is 24.3 Å². The van der Waals surface area contributed by atoms with E-state index in [1.54, 1.807) is 14.2 Å². The highest BCUT2D eigenvalue weighted by Gasteiger charge is 2.17. The van der Waals surface area contributed by atoms with E-state index in [1.807, 2.05) is 31.2 Å². The molecule has 0 aliphatic carbocycles. The van der Waals surface area contributed by atoms with Gasteiger partial charge in [-0.05, 0) is 31.0 Å². The normalized spacial score (nSPS) is 13.9. The van der Waals surface area contributed by atoms with E-state index in [1.165, 1.54) is 0 Å². The minimum absolute atomic E-state index is 0.0912. The Bertz CT molecular complexity index is 384. The molecule has 1 rings (SSSR count). The van der Waals surface area contributed by atoms with E-state index in [2.05, 4.69) is 0 Å². The second-order valence-electron chi connectivity index (χ2n) is 4.89. The SMILES string of the molecule is COCCOCCCOC(c1cccc(OC)c1)C(C)N. The lowest BCUT2D eigenvalue weighted by Crippen LogP contribution is -2.27. The molecule has 0 saturated carbocycles. The molecule has 5 heteroatoms. The Morgan fingerprint density at radius 2 is 1.90 bits per heavy atom. The van der Waals surface area contributed by atoms with Crippen LogP contribution in [-0.2, 0) is 14.2 Å². The molecule has 21 heavy (non-hydrogen) atoms. The van der Waals surface area contributed by atoms with Crippen LogP contribution in [0.5, 0.6) is 5.75 Å². The fourth-order valence-electron chi connectivity index (χ4n) is 1.99. The van der Waals surface area contributed by atoms with Crippen LogP contribution in [0.25, 0.3) is 0 Å². The molecule has 0 heterocycles. The van der Waals surface area contributed by atoms with Crippen molar-refractivity contribution >= 4 is 0 Å². The van der Waals surface area contributed by atoms with E-state index >= 15 is 0 Å². The van der Waals surface area contributed by atoms with Crippen LogP contribution < -0.4 is 10.5 Å². The summed E-state index contributed by atoms with van der Waals surface area (Å²) in [5, 5.41) is 0. The summed E-state index contributed by atoms with van der Waals surface area (Å²) < 4.78 is 21.5. The summed E-state index contributed by atoms with van der Waals surface area (Å²) in [7, 11) is 3.31. The van der Waals surface area contributed by atoms with Gasteiger partial charge >= 0.3 is 0 Å². The van der Waals surface area contributed by atoms with Crippen LogP contribution in [0, 0.1) is 0 Å². The molecule has 0 spiro atoms. The molecule has 0 fully saturated rings. The van der Waals surface area contributed by atoms with Gasteiger partial charge in [-0.15, -0.1) is 0 Å². The lowest BCUT2D eigenvalue weighted by atomic mass is 10.0. The first-order valence-corrected chi connectivity index (χ1v) is 7.27. The molecule has 5 nitrogen and oxygen atoms in total. The molecule has 0 aromatic heterocycles. The van der Waals surface area contributed by atoms with Crippen LogP contribution in [-0.4, -0.2) is 46.7 Å². The van der Waals surface area contributed by atoms with E-state index in [0.29, 0.717) is 26.4 Å². The van der Waals surface area contributed by atoms with Gasteiger partial charge in [0.15, 0.2) is 0 Å². The number of hydrogen-bond acceptors (Lipinski definition) is 5.